The van der Waals surface area contributed by atoms with Crippen molar-refractivity contribution < 1.29 is 0 Å². The summed E-state index contributed by atoms with van der Waals surface area (Å²) in [5, 5.41) is 5.89. The molecule has 1 N–H and O–H groups in total. The van der Waals surface area contributed by atoms with Gasteiger partial charge < -0.3 is 10.2 Å². The lowest BCUT2D eigenvalue weighted by Gasteiger charge is -2.36. The van der Waals surface area contributed by atoms with Crippen molar-refractivity contribution in [2.24, 2.45) is 0 Å². The molecule has 88 valence electrons. The SMILES string of the molecule is CN1C2CCC1CC(NCc1cccs1)C2. The molecule has 2 nitrogen and oxygen atoms in total. The maximum atomic E-state index is 3.73. The summed E-state index contributed by atoms with van der Waals surface area (Å²) in [7, 11) is 2.30. The van der Waals surface area contributed by atoms with Gasteiger partial charge in [0.2, 0.25) is 0 Å². The second kappa shape index (κ2) is 4.47. The van der Waals surface area contributed by atoms with Crippen LogP contribution >= 0.6 is 11.3 Å². The van der Waals surface area contributed by atoms with Crippen LogP contribution in [0.2, 0.25) is 0 Å². The Hall–Kier alpha value is -0.380. The fourth-order valence-electron chi connectivity index (χ4n) is 3.24. The molecule has 2 aliphatic rings. The second-order valence-electron chi connectivity index (χ2n) is 5.18. The molecule has 2 aliphatic heterocycles. The van der Waals surface area contributed by atoms with Gasteiger partial charge in [0.15, 0.2) is 0 Å². The van der Waals surface area contributed by atoms with Crippen LogP contribution in [0.4, 0.5) is 0 Å². The number of hydrogen-bond donors (Lipinski definition) is 1. The summed E-state index contributed by atoms with van der Waals surface area (Å²) < 4.78 is 0. The Bertz CT molecular complexity index is 322. The van der Waals surface area contributed by atoms with E-state index in [1.165, 1.54) is 30.6 Å². The fraction of sp³-hybridized carbons (Fsp3) is 0.692. The van der Waals surface area contributed by atoms with Gasteiger partial charge in [0.1, 0.15) is 0 Å². The van der Waals surface area contributed by atoms with Crippen LogP contribution in [-0.2, 0) is 6.54 Å². The van der Waals surface area contributed by atoms with Gasteiger partial charge >= 0.3 is 0 Å². The van der Waals surface area contributed by atoms with E-state index in [2.05, 4.69) is 34.8 Å². The zero-order valence-corrected chi connectivity index (χ0v) is 10.7. The predicted molar refractivity (Wildman–Crippen MR) is 68.8 cm³/mol. The fourth-order valence-corrected chi connectivity index (χ4v) is 3.89. The quantitative estimate of drug-likeness (QED) is 0.867. The summed E-state index contributed by atoms with van der Waals surface area (Å²) in [6, 6.07) is 6.80. The van der Waals surface area contributed by atoms with Crippen molar-refractivity contribution in [2.45, 2.75) is 50.4 Å². The third kappa shape index (κ3) is 2.04. The monoisotopic (exact) mass is 236 g/mol. The maximum Gasteiger partial charge on any atom is 0.0302 e. The van der Waals surface area contributed by atoms with E-state index in [4.69, 9.17) is 0 Å². The van der Waals surface area contributed by atoms with Crippen molar-refractivity contribution in [1.82, 2.24) is 10.2 Å². The van der Waals surface area contributed by atoms with E-state index in [-0.39, 0.29) is 0 Å². The van der Waals surface area contributed by atoms with E-state index in [1.807, 2.05) is 11.3 Å². The van der Waals surface area contributed by atoms with Gasteiger partial charge in [-0.15, -0.1) is 11.3 Å². The molecule has 2 fully saturated rings. The third-order valence-electron chi connectivity index (χ3n) is 4.24. The van der Waals surface area contributed by atoms with Crippen molar-refractivity contribution in [3.8, 4) is 0 Å². The lowest BCUT2D eigenvalue weighted by atomic mass is 9.98. The van der Waals surface area contributed by atoms with Gasteiger partial charge in [-0.1, -0.05) is 6.07 Å². The van der Waals surface area contributed by atoms with E-state index in [1.54, 1.807) is 0 Å². The topological polar surface area (TPSA) is 15.3 Å². The highest BCUT2D eigenvalue weighted by Gasteiger charge is 2.37. The van der Waals surface area contributed by atoms with Gasteiger partial charge in [0.05, 0.1) is 0 Å². The predicted octanol–water partition coefficient (Wildman–Crippen LogP) is 2.46. The first-order chi connectivity index (χ1) is 7.83. The molecule has 2 unspecified atom stereocenters. The number of fused-ring (bicyclic) bond motifs is 2. The van der Waals surface area contributed by atoms with Crippen LogP contribution in [0.15, 0.2) is 17.5 Å². The summed E-state index contributed by atoms with van der Waals surface area (Å²) in [5.74, 6) is 0. The van der Waals surface area contributed by atoms with Crippen molar-refractivity contribution >= 4 is 11.3 Å². The van der Waals surface area contributed by atoms with Gasteiger partial charge in [-0.3, -0.25) is 0 Å². The first kappa shape index (κ1) is 10.8. The molecule has 3 heterocycles. The molecule has 3 heteroatoms. The Labute approximate surface area is 102 Å². The average molecular weight is 236 g/mol. The van der Waals surface area contributed by atoms with Crippen LogP contribution in [0.25, 0.3) is 0 Å². The molecule has 0 aromatic carbocycles. The number of nitrogens with zero attached hydrogens (tertiary/aromatic N) is 1. The van der Waals surface area contributed by atoms with Crippen LogP contribution in [0.1, 0.15) is 30.6 Å². The molecule has 2 saturated heterocycles. The first-order valence-corrected chi connectivity index (χ1v) is 7.18. The minimum atomic E-state index is 0.746. The summed E-state index contributed by atoms with van der Waals surface area (Å²) in [6.45, 7) is 1.06. The van der Waals surface area contributed by atoms with Crippen LogP contribution in [0, 0.1) is 0 Å². The number of hydrogen-bond acceptors (Lipinski definition) is 3. The molecule has 0 saturated carbocycles. The molecule has 1 aromatic rings. The summed E-state index contributed by atoms with van der Waals surface area (Å²) in [5.41, 5.74) is 0. The molecule has 0 radical (unpaired) electrons. The number of rotatable bonds is 3. The Morgan fingerprint density at radius 3 is 2.75 bits per heavy atom. The lowest BCUT2D eigenvalue weighted by Crippen LogP contribution is -2.46. The Kier molecular flexibility index (Phi) is 3.01. The highest BCUT2D eigenvalue weighted by atomic mass is 32.1. The maximum absolute atomic E-state index is 3.73. The Morgan fingerprint density at radius 1 is 1.38 bits per heavy atom. The molecule has 2 atom stereocenters. The molecule has 0 amide bonds. The van der Waals surface area contributed by atoms with Crippen LogP contribution in [-0.4, -0.2) is 30.1 Å². The molecule has 16 heavy (non-hydrogen) atoms. The number of nitrogens with one attached hydrogen (secondary N) is 1. The van der Waals surface area contributed by atoms with Gasteiger partial charge in [0.25, 0.3) is 0 Å². The zero-order chi connectivity index (χ0) is 11.0. The van der Waals surface area contributed by atoms with Gasteiger partial charge in [-0.2, -0.15) is 0 Å². The summed E-state index contributed by atoms with van der Waals surface area (Å²) in [4.78, 5) is 4.06. The summed E-state index contributed by atoms with van der Waals surface area (Å²) >= 11 is 1.86. The molecule has 1 aromatic heterocycles. The molecule has 2 bridgehead atoms. The largest absolute Gasteiger partial charge is 0.309 e. The highest BCUT2D eigenvalue weighted by Crippen LogP contribution is 2.34. The zero-order valence-electron chi connectivity index (χ0n) is 9.86. The van der Waals surface area contributed by atoms with E-state index < -0.39 is 0 Å². The smallest absolute Gasteiger partial charge is 0.0302 e. The molecule has 0 spiro atoms. The standard InChI is InChI=1S/C13H20N2S/c1-15-11-4-5-12(15)8-10(7-11)14-9-13-3-2-6-16-13/h2-3,6,10-12,14H,4-5,7-9H2,1H3. The molecule has 0 aliphatic carbocycles. The van der Waals surface area contributed by atoms with E-state index >= 15 is 0 Å². The molecular weight excluding hydrogens is 216 g/mol. The van der Waals surface area contributed by atoms with Gasteiger partial charge in [0, 0.05) is 29.5 Å². The first-order valence-electron chi connectivity index (χ1n) is 6.30. The van der Waals surface area contributed by atoms with E-state index in [0.717, 1.165) is 24.7 Å². The summed E-state index contributed by atoms with van der Waals surface area (Å²) in [6.07, 6.45) is 5.52. The van der Waals surface area contributed by atoms with Gasteiger partial charge in [-0.25, -0.2) is 0 Å². The minimum absolute atomic E-state index is 0.746. The third-order valence-corrected chi connectivity index (χ3v) is 5.12. The second-order valence-corrected chi connectivity index (χ2v) is 6.21. The van der Waals surface area contributed by atoms with E-state index in [9.17, 15) is 0 Å². The van der Waals surface area contributed by atoms with Crippen LogP contribution < -0.4 is 5.32 Å². The molecule has 3 rings (SSSR count). The minimum Gasteiger partial charge on any atom is -0.309 e. The number of thiophene rings is 1. The van der Waals surface area contributed by atoms with Gasteiger partial charge in [-0.05, 0) is 44.2 Å². The normalized spacial score (nSPS) is 34.4. The van der Waals surface area contributed by atoms with Crippen molar-refractivity contribution in [2.75, 3.05) is 7.05 Å². The van der Waals surface area contributed by atoms with Crippen LogP contribution in [0.5, 0.6) is 0 Å². The lowest BCUT2D eigenvalue weighted by molar-refractivity contribution is 0.148. The van der Waals surface area contributed by atoms with E-state index in [0.29, 0.717) is 0 Å². The van der Waals surface area contributed by atoms with Crippen molar-refractivity contribution in [3.63, 3.8) is 0 Å². The highest BCUT2D eigenvalue weighted by molar-refractivity contribution is 7.09. The average Bonchev–Trinajstić information content (AvgIpc) is 2.84. The molecular formula is C13H20N2S. The van der Waals surface area contributed by atoms with Crippen LogP contribution in [0.3, 0.4) is 0 Å². The number of piperidine rings is 1. The van der Waals surface area contributed by atoms with Crippen molar-refractivity contribution in [1.29, 1.82) is 0 Å². The Morgan fingerprint density at radius 2 is 2.12 bits per heavy atom. The van der Waals surface area contributed by atoms with Crippen molar-refractivity contribution in [3.05, 3.63) is 22.4 Å². The Balaban J connectivity index is 1.54.